The summed E-state index contributed by atoms with van der Waals surface area (Å²) in [6, 6.07) is 10.3. The van der Waals surface area contributed by atoms with Crippen LogP contribution >= 0.6 is 11.6 Å². The Morgan fingerprint density at radius 3 is 2.46 bits per heavy atom. The van der Waals surface area contributed by atoms with Gasteiger partial charge in [0, 0.05) is 22.3 Å². The number of aryl methyl sites for hydroxylation is 1. The van der Waals surface area contributed by atoms with Crippen LogP contribution in [0.25, 0.3) is 0 Å². The lowest BCUT2D eigenvalue weighted by Gasteiger charge is -2.08. The third kappa shape index (κ3) is 4.23. The summed E-state index contributed by atoms with van der Waals surface area (Å²) in [6.45, 7) is 5.20. The van der Waals surface area contributed by atoms with Gasteiger partial charge in [-0.05, 0) is 56.2 Å². The predicted octanol–water partition coefficient (Wildman–Crippen LogP) is 5.18. The number of pyridine rings is 1. The number of nitrogens with zero attached hydrogens (tertiary/aromatic N) is 1. The smallest absolute Gasteiger partial charge is 0.272 e. The number of amides is 1. The number of ether oxygens (including phenoxy) is 1. The van der Waals surface area contributed by atoms with Gasteiger partial charge in [-0.1, -0.05) is 18.5 Å². The van der Waals surface area contributed by atoms with Crippen molar-refractivity contribution in [3.05, 3.63) is 70.1 Å². The number of ketones is 1. The maximum absolute atomic E-state index is 12.7. The maximum Gasteiger partial charge on any atom is 0.272 e. The highest BCUT2D eigenvalue weighted by Crippen LogP contribution is 2.24. The van der Waals surface area contributed by atoms with Gasteiger partial charge in [0.15, 0.2) is 5.78 Å². The molecule has 0 fully saturated rings. The zero-order valence-corrected chi connectivity index (χ0v) is 16.6. The average Bonchev–Trinajstić information content (AvgIpc) is 3.02. The first-order valence-corrected chi connectivity index (χ1v) is 9.20. The van der Waals surface area contributed by atoms with Crippen molar-refractivity contribution in [1.82, 2.24) is 9.97 Å². The van der Waals surface area contributed by atoms with Gasteiger partial charge in [0.1, 0.15) is 11.4 Å². The number of Topliss-reactive ketones (excluding diaryl/α,β-unsaturated/α-hetero) is 1. The molecule has 28 heavy (non-hydrogen) atoms. The van der Waals surface area contributed by atoms with Gasteiger partial charge in [0.05, 0.1) is 11.9 Å². The minimum absolute atomic E-state index is 0.0602. The fraction of sp³-hybridized carbons (Fsp3) is 0.190. The van der Waals surface area contributed by atoms with Crippen LogP contribution in [0.5, 0.6) is 11.6 Å². The van der Waals surface area contributed by atoms with Gasteiger partial charge in [-0.2, -0.15) is 0 Å². The highest BCUT2D eigenvalue weighted by molar-refractivity contribution is 6.30. The zero-order valence-electron chi connectivity index (χ0n) is 15.8. The van der Waals surface area contributed by atoms with E-state index in [-0.39, 0.29) is 11.7 Å². The topological polar surface area (TPSA) is 84.1 Å². The molecule has 7 heteroatoms. The van der Waals surface area contributed by atoms with Crippen LogP contribution in [0.15, 0.2) is 42.6 Å². The lowest BCUT2D eigenvalue weighted by molar-refractivity contribution is 0.101. The first kappa shape index (κ1) is 19.6. The Bertz CT molecular complexity index is 1010. The molecule has 0 radical (unpaired) electrons. The Labute approximate surface area is 167 Å². The Hall–Kier alpha value is -3.12. The van der Waals surface area contributed by atoms with E-state index in [1.54, 1.807) is 43.3 Å². The summed E-state index contributed by atoms with van der Waals surface area (Å²) >= 11 is 5.85. The van der Waals surface area contributed by atoms with E-state index in [0.29, 0.717) is 45.7 Å². The van der Waals surface area contributed by atoms with E-state index < -0.39 is 0 Å². The Morgan fingerprint density at radius 2 is 1.89 bits per heavy atom. The van der Waals surface area contributed by atoms with Crippen molar-refractivity contribution in [2.75, 3.05) is 5.32 Å². The van der Waals surface area contributed by atoms with Crippen LogP contribution in [0.4, 0.5) is 5.69 Å². The summed E-state index contributed by atoms with van der Waals surface area (Å²) in [5, 5.41) is 3.42. The number of anilines is 1. The summed E-state index contributed by atoms with van der Waals surface area (Å²) in [5.74, 6) is 0.625. The molecule has 0 aliphatic heterocycles. The number of hydrogen-bond acceptors (Lipinski definition) is 4. The molecule has 0 aliphatic rings. The monoisotopic (exact) mass is 397 g/mol. The quantitative estimate of drug-likeness (QED) is 0.561. The van der Waals surface area contributed by atoms with Crippen molar-refractivity contribution in [2.24, 2.45) is 0 Å². The van der Waals surface area contributed by atoms with Gasteiger partial charge in [0.25, 0.3) is 5.91 Å². The summed E-state index contributed by atoms with van der Waals surface area (Å²) in [6.07, 6.45) is 2.09. The fourth-order valence-electron chi connectivity index (χ4n) is 3.03. The minimum Gasteiger partial charge on any atom is -0.439 e. The number of aromatic amines is 1. The molecule has 2 aromatic heterocycles. The SMILES string of the molecule is CCc1c(C(=O)Nc2ccc(Oc3ccc(Cl)cc3)nc2)[nH]c(C)c1C(C)=O. The molecule has 6 nitrogen and oxygen atoms in total. The van der Waals surface area contributed by atoms with Crippen molar-refractivity contribution in [3.8, 4) is 11.6 Å². The van der Waals surface area contributed by atoms with Gasteiger partial charge in [-0.15, -0.1) is 0 Å². The number of benzene rings is 1. The first-order valence-electron chi connectivity index (χ1n) is 8.82. The molecule has 144 valence electrons. The van der Waals surface area contributed by atoms with Crippen LogP contribution in [0.3, 0.4) is 0 Å². The molecule has 0 saturated heterocycles. The number of rotatable bonds is 6. The van der Waals surface area contributed by atoms with E-state index in [1.165, 1.54) is 13.1 Å². The standard InChI is InChI=1S/C21H20ClN3O3/c1-4-17-19(13(3)26)12(2)24-20(17)21(27)25-15-7-10-18(23-11-15)28-16-8-5-14(22)6-9-16/h5-11,24H,4H2,1-3H3,(H,25,27). The normalized spacial score (nSPS) is 10.6. The van der Waals surface area contributed by atoms with E-state index >= 15 is 0 Å². The molecular weight excluding hydrogens is 378 g/mol. The van der Waals surface area contributed by atoms with E-state index in [0.717, 1.165) is 5.56 Å². The van der Waals surface area contributed by atoms with Crippen LogP contribution in [-0.4, -0.2) is 21.7 Å². The molecule has 2 N–H and O–H groups in total. The summed E-state index contributed by atoms with van der Waals surface area (Å²) < 4.78 is 5.63. The van der Waals surface area contributed by atoms with Crippen molar-refractivity contribution in [3.63, 3.8) is 0 Å². The van der Waals surface area contributed by atoms with Gasteiger partial charge in [0.2, 0.25) is 5.88 Å². The molecule has 2 heterocycles. The number of nitrogens with one attached hydrogen (secondary N) is 2. The maximum atomic E-state index is 12.7. The molecule has 0 saturated carbocycles. The molecule has 0 unspecified atom stereocenters. The summed E-state index contributed by atoms with van der Waals surface area (Å²) in [5.41, 5.74) is 2.91. The van der Waals surface area contributed by atoms with E-state index in [2.05, 4.69) is 15.3 Å². The lowest BCUT2D eigenvalue weighted by Crippen LogP contribution is -2.15. The van der Waals surface area contributed by atoms with Crippen molar-refractivity contribution < 1.29 is 14.3 Å². The third-order valence-electron chi connectivity index (χ3n) is 4.25. The number of carbonyl (C=O) groups is 2. The van der Waals surface area contributed by atoms with Crippen molar-refractivity contribution in [2.45, 2.75) is 27.2 Å². The minimum atomic E-state index is -0.319. The molecule has 0 spiro atoms. The van der Waals surface area contributed by atoms with E-state index in [1.807, 2.05) is 6.92 Å². The highest BCUT2D eigenvalue weighted by atomic mass is 35.5. The highest BCUT2D eigenvalue weighted by Gasteiger charge is 2.21. The fourth-order valence-corrected chi connectivity index (χ4v) is 3.16. The first-order chi connectivity index (χ1) is 13.4. The van der Waals surface area contributed by atoms with Crippen molar-refractivity contribution in [1.29, 1.82) is 0 Å². The molecule has 0 aliphatic carbocycles. The van der Waals surface area contributed by atoms with E-state index in [4.69, 9.17) is 16.3 Å². The summed E-state index contributed by atoms with van der Waals surface area (Å²) in [7, 11) is 0. The molecule has 1 amide bonds. The van der Waals surface area contributed by atoms with Crippen LogP contribution in [0, 0.1) is 6.92 Å². The predicted molar refractivity (Wildman–Crippen MR) is 109 cm³/mol. The van der Waals surface area contributed by atoms with Gasteiger partial charge < -0.3 is 15.0 Å². The van der Waals surface area contributed by atoms with Crippen LogP contribution in [-0.2, 0) is 6.42 Å². The largest absolute Gasteiger partial charge is 0.439 e. The summed E-state index contributed by atoms with van der Waals surface area (Å²) in [4.78, 5) is 31.8. The van der Waals surface area contributed by atoms with Gasteiger partial charge in [-0.25, -0.2) is 4.98 Å². The lowest BCUT2D eigenvalue weighted by atomic mass is 10.0. The van der Waals surface area contributed by atoms with Crippen LogP contribution in [0.2, 0.25) is 5.02 Å². The number of halogens is 1. The molecular formula is C21H20ClN3O3. The number of aromatic nitrogens is 2. The van der Waals surface area contributed by atoms with Gasteiger partial charge in [-0.3, -0.25) is 9.59 Å². The molecule has 3 aromatic rings. The van der Waals surface area contributed by atoms with Gasteiger partial charge >= 0.3 is 0 Å². The second-order valence-corrected chi connectivity index (χ2v) is 6.72. The average molecular weight is 398 g/mol. The van der Waals surface area contributed by atoms with Crippen LogP contribution in [0.1, 0.15) is 46.0 Å². The molecule has 1 aromatic carbocycles. The number of H-pyrrole nitrogens is 1. The second-order valence-electron chi connectivity index (χ2n) is 6.28. The number of hydrogen-bond donors (Lipinski definition) is 2. The molecule has 0 bridgehead atoms. The molecule has 0 atom stereocenters. The van der Waals surface area contributed by atoms with Crippen LogP contribution < -0.4 is 10.1 Å². The molecule has 3 rings (SSSR count). The van der Waals surface area contributed by atoms with E-state index in [9.17, 15) is 9.59 Å². The second kappa shape index (κ2) is 8.27. The third-order valence-corrected chi connectivity index (χ3v) is 4.51. The number of carbonyl (C=O) groups excluding carboxylic acids is 2. The Balaban J connectivity index is 1.74. The zero-order chi connectivity index (χ0) is 20.3. The van der Waals surface area contributed by atoms with Crippen molar-refractivity contribution >= 4 is 29.0 Å². The Morgan fingerprint density at radius 1 is 1.18 bits per heavy atom. The Kier molecular flexibility index (Phi) is 5.80.